The van der Waals surface area contributed by atoms with Gasteiger partial charge < -0.3 is 9.47 Å². The highest BCUT2D eigenvalue weighted by molar-refractivity contribution is 5.44. The lowest BCUT2D eigenvalue weighted by atomic mass is 9.89. The normalized spacial score (nSPS) is 13.2. The minimum Gasteiger partial charge on any atom is -0.493 e. The molecule has 0 N–H and O–H groups in total. The van der Waals surface area contributed by atoms with Crippen LogP contribution < -0.4 is 9.47 Å². The zero-order valence-electron chi connectivity index (χ0n) is 11.9. The summed E-state index contributed by atoms with van der Waals surface area (Å²) in [7, 11) is 3.31. The van der Waals surface area contributed by atoms with Crippen molar-refractivity contribution in [1.29, 1.82) is 0 Å². The Kier molecular flexibility index (Phi) is 5.58. The van der Waals surface area contributed by atoms with Crippen LogP contribution in [-0.4, -0.2) is 14.2 Å². The van der Waals surface area contributed by atoms with E-state index in [1.165, 1.54) is 5.56 Å². The predicted octanol–water partition coefficient (Wildman–Crippen LogP) is 3.86. The molecule has 0 bridgehead atoms. The second kappa shape index (κ2) is 6.96. The fourth-order valence-electron chi connectivity index (χ4n) is 1.81. The molecule has 2 nitrogen and oxygen atoms in total. The molecule has 98 valence electrons. The van der Waals surface area contributed by atoms with E-state index in [9.17, 15) is 0 Å². The van der Waals surface area contributed by atoms with E-state index in [1.54, 1.807) is 14.2 Å². The molecule has 1 aromatic carbocycles. The van der Waals surface area contributed by atoms with Gasteiger partial charge in [-0.25, -0.2) is 0 Å². The fraction of sp³-hybridized carbons (Fsp3) is 0.500. The molecule has 1 rings (SSSR count). The van der Waals surface area contributed by atoms with Gasteiger partial charge in [-0.1, -0.05) is 32.8 Å². The van der Waals surface area contributed by atoms with Crippen molar-refractivity contribution in [2.24, 2.45) is 5.92 Å². The van der Waals surface area contributed by atoms with Crippen molar-refractivity contribution in [3.63, 3.8) is 0 Å². The molecule has 0 aliphatic heterocycles. The van der Waals surface area contributed by atoms with Crippen LogP contribution >= 0.6 is 0 Å². The minimum atomic E-state index is 0.336. The first-order valence-electron chi connectivity index (χ1n) is 6.34. The molecule has 0 radical (unpaired) electrons. The van der Waals surface area contributed by atoms with E-state index in [-0.39, 0.29) is 0 Å². The summed E-state index contributed by atoms with van der Waals surface area (Å²) in [6, 6.07) is 6.06. The standard InChI is InChI=1S/C16H22O2/c1-6-7-8-12(2)13(3)14-9-10-15(17-4)16(11-14)18-5/h9-13H,6H2,1-5H3. The quantitative estimate of drug-likeness (QED) is 0.751. The number of rotatable bonds is 4. The predicted molar refractivity (Wildman–Crippen MR) is 75.2 cm³/mol. The van der Waals surface area contributed by atoms with Crippen LogP contribution in [0.2, 0.25) is 0 Å². The van der Waals surface area contributed by atoms with E-state index in [1.807, 2.05) is 12.1 Å². The van der Waals surface area contributed by atoms with Gasteiger partial charge in [-0.3, -0.25) is 0 Å². The van der Waals surface area contributed by atoms with Crippen LogP contribution in [0, 0.1) is 17.8 Å². The summed E-state index contributed by atoms with van der Waals surface area (Å²) in [5.74, 6) is 8.67. The smallest absolute Gasteiger partial charge is 0.160 e. The van der Waals surface area contributed by atoms with Gasteiger partial charge in [0, 0.05) is 12.3 Å². The summed E-state index contributed by atoms with van der Waals surface area (Å²) in [5, 5.41) is 0. The van der Waals surface area contributed by atoms with Crippen molar-refractivity contribution in [2.45, 2.75) is 33.1 Å². The van der Waals surface area contributed by atoms with Gasteiger partial charge in [0.05, 0.1) is 14.2 Å². The van der Waals surface area contributed by atoms with E-state index >= 15 is 0 Å². The lowest BCUT2D eigenvalue weighted by molar-refractivity contribution is 0.354. The molecule has 2 atom stereocenters. The summed E-state index contributed by atoms with van der Waals surface area (Å²) >= 11 is 0. The SMILES string of the molecule is CCC#CC(C)C(C)c1ccc(OC)c(OC)c1. The zero-order chi connectivity index (χ0) is 13.5. The molecule has 0 aromatic heterocycles. The molecule has 0 spiro atoms. The van der Waals surface area contributed by atoms with E-state index < -0.39 is 0 Å². The molecule has 0 aliphatic carbocycles. The topological polar surface area (TPSA) is 18.5 Å². The number of methoxy groups -OCH3 is 2. The molecular formula is C16H22O2. The van der Waals surface area contributed by atoms with Crippen molar-refractivity contribution < 1.29 is 9.47 Å². The zero-order valence-corrected chi connectivity index (χ0v) is 11.9. The van der Waals surface area contributed by atoms with Gasteiger partial charge in [0.2, 0.25) is 0 Å². The maximum atomic E-state index is 5.33. The van der Waals surface area contributed by atoms with E-state index in [0.717, 1.165) is 17.9 Å². The third kappa shape index (κ3) is 3.43. The third-order valence-corrected chi connectivity index (χ3v) is 3.19. The molecule has 0 aliphatic rings. The van der Waals surface area contributed by atoms with Gasteiger partial charge in [0.25, 0.3) is 0 Å². The average Bonchev–Trinajstić information content (AvgIpc) is 2.42. The Morgan fingerprint density at radius 2 is 1.78 bits per heavy atom. The minimum absolute atomic E-state index is 0.336. The third-order valence-electron chi connectivity index (χ3n) is 3.19. The first-order chi connectivity index (χ1) is 8.63. The Labute approximate surface area is 110 Å². The van der Waals surface area contributed by atoms with Crippen LogP contribution in [0.3, 0.4) is 0 Å². The van der Waals surface area contributed by atoms with Gasteiger partial charge >= 0.3 is 0 Å². The Bertz CT molecular complexity index is 440. The highest BCUT2D eigenvalue weighted by atomic mass is 16.5. The van der Waals surface area contributed by atoms with Crippen molar-refractivity contribution in [1.82, 2.24) is 0 Å². The molecule has 18 heavy (non-hydrogen) atoms. The maximum Gasteiger partial charge on any atom is 0.160 e. The Hall–Kier alpha value is -1.62. The van der Waals surface area contributed by atoms with Gasteiger partial charge in [-0.15, -0.1) is 5.92 Å². The van der Waals surface area contributed by atoms with E-state index in [0.29, 0.717) is 11.8 Å². The summed E-state index contributed by atoms with van der Waals surface area (Å²) in [6.45, 7) is 6.42. The summed E-state index contributed by atoms with van der Waals surface area (Å²) in [5.41, 5.74) is 1.23. The van der Waals surface area contributed by atoms with Crippen molar-refractivity contribution >= 4 is 0 Å². The lowest BCUT2D eigenvalue weighted by Crippen LogP contribution is -2.04. The van der Waals surface area contributed by atoms with Crippen molar-refractivity contribution in [3.8, 4) is 23.3 Å². The molecule has 2 heteroatoms. The molecular weight excluding hydrogens is 224 g/mol. The van der Waals surface area contributed by atoms with Crippen molar-refractivity contribution in [3.05, 3.63) is 23.8 Å². The first kappa shape index (κ1) is 14.4. The molecule has 2 unspecified atom stereocenters. The molecule has 0 saturated heterocycles. The molecule has 1 aromatic rings. The Morgan fingerprint density at radius 1 is 1.11 bits per heavy atom. The van der Waals surface area contributed by atoms with Gasteiger partial charge in [-0.2, -0.15) is 0 Å². The van der Waals surface area contributed by atoms with Gasteiger partial charge in [0.15, 0.2) is 11.5 Å². The number of benzene rings is 1. The van der Waals surface area contributed by atoms with Crippen LogP contribution in [0.25, 0.3) is 0 Å². The average molecular weight is 246 g/mol. The summed E-state index contributed by atoms with van der Waals surface area (Å²) in [4.78, 5) is 0. The second-order valence-corrected chi connectivity index (χ2v) is 4.37. The summed E-state index contributed by atoms with van der Waals surface area (Å²) in [6.07, 6.45) is 0.906. The Balaban J connectivity index is 2.95. The van der Waals surface area contributed by atoms with Crippen LogP contribution in [0.4, 0.5) is 0 Å². The van der Waals surface area contributed by atoms with Gasteiger partial charge in [0.1, 0.15) is 0 Å². The van der Waals surface area contributed by atoms with Crippen LogP contribution in [0.1, 0.15) is 38.7 Å². The largest absolute Gasteiger partial charge is 0.493 e. The highest BCUT2D eigenvalue weighted by Crippen LogP contribution is 2.32. The van der Waals surface area contributed by atoms with E-state index in [4.69, 9.17) is 9.47 Å². The first-order valence-corrected chi connectivity index (χ1v) is 6.34. The molecule has 0 heterocycles. The van der Waals surface area contributed by atoms with Crippen LogP contribution in [0.5, 0.6) is 11.5 Å². The number of ether oxygens (including phenoxy) is 2. The monoisotopic (exact) mass is 246 g/mol. The fourth-order valence-corrected chi connectivity index (χ4v) is 1.81. The number of hydrogen-bond acceptors (Lipinski definition) is 2. The van der Waals surface area contributed by atoms with Crippen LogP contribution in [-0.2, 0) is 0 Å². The van der Waals surface area contributed by atoms with Crippen molar-refractivity contribution in [2.75, 3.05) is 14.2 Å². The van der Waals surface area contributed by atoms with Gasteiger partial charge in [-0.05, 0) is 23.6 Å². The van der Waals surface area contributed by atoms with E-state index in [2.05, 4.69) is 38.7 Å². The molecule has 0 saturated carbocycles. The summed E-state index contributed by atoms with van der Waals surface area (Å²) < 4.78 is 10.6. The molecule has 0 amide bonds. The Morgan fingerprint density at radius 3 is 2.33 bits per heavy atom. The highest BCUT2D eigenvalue weighted by Gasteiger charge is 2.14. The lowest BCUT2D eigenvalue weighted by Gasteiger charge is -2.17. The molecule has 0 fully saturated rings. The maximum absolute atomic E-state index is 5.33. The second-order valence-electron chi connectivity index (χ2n) is 4.37. The number of hydrogen-bond donors (Lipinski definition) is 0. The van der Waals surface area contributed by atoms with Crippen LogP contribution in [0.15, 0.2) is 18.2 Å².